The molecule has 1 aliphatic rings. The molecule has 35 heavy (non-hydrogen) atoms. The zero-order valence-corrected chi connectivity index (χ0v) is 24.7. The Bertz CT molecular complexity index is 1240. The minimum atomic E-state index is -0.469. The fraction of sp³-hybridized carbons (Fsp3) is 0.483. The van der Waals surface area contributed by atoms with Crippen LogP contribution >= 0.6 is 0 Å². The number of rotatable bonds is 2. The van der Waals surface area contributed by atoms with Crippen molar-refractivity contribution in [1.82, 2.24) is 15.0 Å². The van der Waals surface area contributed by atoms with E-state index in [1.165, 1.54) is 6.07 Å². The third-order valence-corrected chi connectivity index (χ3v) is 6.38. The molecule has 0 unspecified atom stereocenters. The number of fused-ring (bicyclic) bond motifs is 1. The van der Waals surface area contributed by atoms with Gasteiger partial charge >= 0.3 is 0 Å². The van der Waals surface area contributed by atoms with Gasteiger partial charge < -0.3 is 9.72 Å². The molecule has 0 spiro atoms. The van der Waals surface area contributed by atoms with Gasteiger partial charge in [0, 0.05) is 48.4 Å². The maximum atomic E-state index is 15.4. The SMILES string of the molecule is CC(C)(C)c1cc(C(C)(C)C)nc(-c2cnc(-c3[c-]cc4c(c3)C(C)(C)OC4(C)C)c(F)c2)n1.[Ir]. The molecule has 0 bridgehead atoms. The second-order valence-corrected chi connectivity index (χ2v) is 12.3. The summed E-state index contributed by atoms with van der Waals surface area (Å²) in [6.07, 6.45) is 1.65. The number of hydrogen-bond acceptors (Lipinski definition) is 4. The van der Waals surface area contributed by atoms with Crippen molar-refractivity contribution < 1.29 is 29.2 Å². The van der Waals surface area contributed by atoms with Gasteiger partial charge in [0.05, 0.1) is 22.6 Å². The Labute approximate surface area is 222 Å². The van der Waals surface area contributed by atoms with Crippen LogP contribution in [0.1, 0.15) is 91.8 Å². The monoisotopic (exact) mass is 653 g/mol. The molecule has 2 aromatic heterocycles. The van der Waals surface area contributed by atoms with Gasteiger partial charge in [0.15, 0.2) is 5.82 Å². The normalized spacial score (nSPS) is 16.5. The second kappa shape index (κ2) is 8.83. The zero-order chi connectivity index (χ0) is 25.3. The van der Waals surface area contributed by atoms with Crippen LogP contribution in [0.5, 0.6) is 0 Å². The average Bonchev–Trinajstić information content (AvgIpc) is 2.89. The molecule has 1 aromatic carbocycles. The summed E-state index contributed by atoms with van der Waals surface area (Å²) >= 11 is 0. The molecule has 0 aliphatic carbocycles. The number of ether oxygens (including phenoxy) is 1. The maximum absolute atomic E-state index is 15.4. The summed E-state index contributed by atoms with van der Waals surface area (Å²) in [6.45, 7) is 20.8. The summed E-state index contributed by atoms with van der Waals surface area (Å²) in [5.41, 5.74) is 4.17. The van der Waals surface area contributed by atoms with Gasteiger partial charge in [-0.3, -0.25) is 0 Å². The predicted octanol–water partition coefficient (Wildman–Crippen LogP) is 7.24. The number of aromatic nitrogens is 3. The Kier molecular flexibility index (Phi) is 6.96. The molecule has 3 heterocycles. The van der Waals surface area contributed by atoms with Gasteiger partial charge in [-0.2, -0.15) is 0 Å². The molecule has 0 amide bonds. The van der Waals surface area contributed by atoms with Gasteiger partial charge in [-0.05, 0) is 39.8 Å². The van der Waals surface area contributed by atoms with Gasteiger partial charge in [-0.15, -0.1) is 23.8 Å². The van der Waals surface area contributed by atoms with E-state index in [1.54, 1.807) is 6.20 Å². The summed E-state index contributed by atoms with van der Waals surface area (Å²) in [5.74, 6) is 0.0660. The van der Waals surface area contributed by atoms with Crippen LogP contribution in [-0.2, 0) is 46.9 Å². The van der Waals surface area contributed by atoms with Crippen molar-refractivity contribution >= 4 is 0 Å². The Morgan fingerprint density at radius 3 is 1.89 bits per heavy atom. The van der Waals surface area contributed by atoms with Crippen LogP contribution in [0, 0.1) is 11.9 Å². The Balaban J connectivity index is 0.00000342. The van der Waals surface area contributed by atoms with Gasteiger partial charge in [0.1, 0.15) is 5.82 Å². The summed E-state index contributed by atoms with van der Waals surface area (Å²) < 4.78 is 21.6. The van der Waals surface area contributed by atoms with Crippen LogP contribution < -0.4 is 0 Å². The molecule has 4 nitrogen and oxygen atoms in total. The van der Waals surface area contributed by atoms with E-state index in [-0.39, 0.29) is 36.6 Å². The van der Waals surface area contributed by atoms with E-state index in [2.05, 4.69) is 52.6 Å². The van der Waals surface area contributed by atoms with Crippen molar-refractivity contribution in [3.05, 3.63) is 64.9 Å². The summed E-state index contributed by atoms with van der Waals surface area (Å²) in [6, 6.07) is 10.6. The van der Waals surface area contributed by atoms with Crippen LogP contribution in [0.4, 0.5) is 4.39 Å². The molecule has 4 rings (SSSR count). The molecular formula is C29H35FIrN3O-. The van der Waals surface area contributed by atoms with Crippen molar-refractivity contribution in [2.75, 3.05) is 0 Å². The molecule has 1 radical (unpaired) electrons. The van der Waals surface area contributed by atoms with Crippen molar-refractivity contribution in [2.24, 2.45) is 0 Å². The largest absolute Gasteiger partial charge is 0.371 e. The standard InChI is InChI=1S/C29H35FN3O.Ir/c1-26(2,3)22-15-23(27(4,5)6)33-25(32-22)18-14-21(30)24(31-16-18)17-11-12-19-20(13-17)29(9,10)34-28(19,7)8;/h12-16H,1-10H3;/q-1;. The molecule has 3 aromatic rings. The van der Waals surface area contributed by atoms with Gasteiger partial charge in [-0.1, -0.05) is 52.7 Å². The molecule has 189 valence electrons. The first-order valence-electron chi connectivity index (χ1n) is 11.8. The van der Waals surface area contributed by atoms with E-state index in [9.17, 15) is 0 Å². The zero-order valence-electron chi connectivity index (χ0n) is 22.3. The molecule has 1 aliphatic heterocycles. The third kappa shape index (κ3) is 5.26. The summed E-state index contributed by atoms with van der Waals surface area (Å²) in [5, 5.41) is 0. The first-order valence-corrected chi connectivity index (χ1v) is 11.8. The third-order valence-electron chi connectivity index (χ3n) is 6.38. The first-order chi connectivity index (χ1) is 15.5. The molecule has 0 saturated carbocycles. The van der Waals surface area contributed by atoms with Gasteiger partial charge in [0.2, 0.25) is 0 Å². The van der Waals surface area contributed by atoms with Crippen LogP contribution in [0.15, 0.2) is 30.5 Å². The van der Waals surface area contributed by atoms with Crippen LogP contribution in [0.2, 0.25) is 0 Å². The minimum Gasteiger partial charge on any atom is -0.371 e. The first kappa shape index (κ1) is 27.6. The quantitative estimate of drug-likeness (QED) is 0.274. The number of halogens is 1. The van der Waals surface area contributed by atoms with Crippen LogP contribution in [-0.4, -0.2) is 15.0 Å². The van der Waals surface area contributed by atoms with Crippen LogP contribution in [0.25, 0.3) is 22.6 Å². The number of hydrogen-bond donors (Lipinski definition) is 0. The molecular weight excluding hydrogens is 618 g/mol. The van der Waals surface area contributed by atoms with E-state index in [1.807, 2.05) is 45.9 Å². The summed E-state index contributed by atoms with van der Waals surface area (Å²) in [4.78, 5) is 14.0. The predicted molar refractivity (Wildman–Crippen MR) is 134 cm³/mol. The Morgan fingerprint density at radius 2 is 1.37 bits per heavy atom. The second-order valence-electron chi connectivity index (χ2n) is 12.3. The van der Waals surface area contributed by atoms with Crippen molar-refractivity contribution in [3.8, 4) is 22.6 Å². The van der Waals surface area contributed by atoms with Crippen molar-refractivity contribution in [1.29, 1.82) is 0 Å². The van der Waals surface area contributed by atoms with E-state index in [0.29, 0.717) is 17.0 Å². The molecule has 0 saturated heterocycles. The van der Waals surface area contributed by atoms with E-state index in [0.717, 1.165) is 22.5 Å². The minimum absolute atomic E-state index is 0. The maximum Gasteiger partial charge on any atom is 0.161 e. The molecule has 6 heteroatoms. The smallest absolute Gasteiger partial charge is 0.161 e. The number of nitrogens with zero attached hydrogens (tertiary/aromatic N) is 3. The Morgan fingerprint density at radius 1 is 0.829 bits per heavy atom. The Hall–Kier alpha value is -2.01. The van der Waals surface area contributed by atoms with Gasteiger partial charge in [0.25, 0.3) is 0 Å². The topological polar surface area (TPSA) is 47.9 Å². The summed E-state index contributed by atoms with van der Waals surface area (Å²) in [7, 11) is 0. The van der Waals surface area contributed by atoms with Crippen molar-refractivity contribution in [2.45, 2.75) is 91.3 Å². The molecule has 0 fully saturated rings. The van der Waals surface area contributed by atoms with E-state index < -0.39 is 17.0 Å². The fourth-order valence-corrected chi connectivity index (χ4v) is 4.48. The number of pyridine rings is 1. The fourth-order valence-electron chi connectivity index (χ4n) is 4.48. The molecule has 0 N–H and O–H groups in total. The average molecular weight is 653 g/mol. The molecule has 0 atom stereocenters. The van der Waals surface area contributed by atoms with E-state index in [4.69, 9.17) is 14.7 Å². The van der Waals surface area contributed by atoms with Crippen molar-refractivity contribution in [3.63, 3.8) is 0 Å². The number of benzene rings is 1. The van der Waals surface area contributed by atoms with Gasteiger partial charge in [-0.25, -0.2) is 14.4 Å². The van der Waals surface area contributed by atoms with E-state index >= 15 is 4.39 Å². The van der Waals surface area contributed by atoms with Crippen LogP contribution in [0.3, 0.4) is 0 Å².